The molecule has 0 bridgehead atoms. The van der Waals surface area contributed by atoms with E-state index in [0.717, 1.165) is 0 Å². The van der Waals surface area contributed by atoms with Crippen LogP contribution in [0.5, 0.6) is 0 Å². The number of fused-ring (bicyclic) bond motifs is 1. The highest BCUT2D eigenvalue weighted by Gasteiger charge is 2.27. The summed E-state index contributed by atoms with van der Waals surface area (Å²) in [6.45, 7) is 0.168. The molecule has 0 fully saturated rings. The Labute approximate surface area is 128 Å². The third-order valence-corrected chi connectivity index (χ3v) is 3.76. The van der Waals surface area contributed by atoms with E-state index in [1.807, 2.05) is 6.07 Å². The standard InChI is InChI=1S/C13H11ClF3N3S/c14-4-3-12-19-10-2-1-9(8-18)7-11(10)20(12)5-6-21-13(15,16)17/h1-2,7H,3-6H2. The Hall–Kier alpha value is -1.39. The predicted octanol–water partition coefficient (Wildman–Crippen LogP) is 3.94. The second kappa shape index (κ2) is 6.58. The van der Waals surface area contributed by atoms with Crippen molar-refractivity contribution < 1.29 is 13.2 Å². The van der Waals surface area contributed by atoms with E-state index in [1.165, 1.54) is 0 Å². The zero-order valence-corrected chi connectivity index (χ0v) is 12.4. The molecule has 0 spiro atoms. The summed E-state index contributed by atoms with van der Waals surface area (Å²) in [7, 11) is 0. The molecule has 21 heavy (non-hydrogen) atoms. The maximum absolute atomic E-state index is 12.2. The first-order chi connectivity index (χ1) is 9.94. The molecular formula is C13H11ClF3N3S. The highest BCUT2D eigenvalue weighted by Crippen LogP contribution is 2.30. The van der Waals surface area contributed by atoms with Crippen molar-refractivity contribution in [3.8, 4) is 6.07 Å². The van der Waals surface area contributed by atoms with Gasteiger partial charge in [-0.15, -0.1) is 11.6 Å². The number of hydrogen-bond donors (Lipinski definition) is 0. The average Bonchev–Trinajstić information content (AvgIpc) is 2.75. The van der Waals surface area contributed by atoms with Gasteiger partial charge < -0.3 is 4.57 Å². The van der Waals surface area contributed by atoms with Crippen LogP contribution in [0.3, 0.4) is 0 Å². The number of hydrogen-bond acceptors (Lipinski definition) is 3. The summed E-state index contributed by atoms with van der Waals surface area (Å²) in [6.07, 6.45) is 0.467. The summed E-state index contributed by atoms with van der Waals surface area (Å²) in [5, 5.41) is 8.93. The molecule has 1 aromatic carbocycles. The molecule has 0 N–H and O–H groups in total. The second-order valence-corrected chi connectivity index (χ2v) is 5.77. The topological polar surface area (TPSA) is 41.6 Å². The van der Waals surface area contributed by atoms with Gasteiger partial charge in [0.15, 0.2) is 0 Å². The molecule has 1 heterocycles. The molecular weight excluding hydrogens is 323 g/mol. The van der Waals surface area contributed by atoms with Crippen molar-refractivity contribution in [2.24, 2.45) is 0 Å². The van der Waals surface area contributed by atoms with E-state index in [4.69, 9.17) is 16.9 Å². The van der Waals surface area contributed by atoms with E-state index in [9.17, 15) is 13.2 Å². The second-order valence-electron chi connectivity index (χ2n) is 4.23. The Morgan fingerprint density at radius 3 is 2.76 bits per heavy atom. The smallest absolute Gasteiger partial charge is 0.327 e. The van der Waals surface area contributed by atoms with Gasteiger partial charge >= 0.3 is 5.51 Å². The Kier molecular flexibility index (Phi) is 5.01. The molecule has 2 rings (SSSR count). The number of alkyl halides is 4. The number of rotatable bonds is 5. The summed E-state index contributed by atoms with van der Waals surface area (Å²) in [5.74, 6) is 0.861. The van der Waals surface area contributed by atoms with Crippen LogP contribution in [-0.4, -0.2) is 26.7 Å². The average molecular weight is 334 g/mol. The zero-order valence-electron chi connectivity index (χ0n) is 10.8. The SMILES string of the molecule is N#Cc1ccc2nc(CCCl)n(CCSC(F)(F)F)c2c1. The highest BCUT2D eigenvalue weighted by atomic mass is 35.5. The minimum Gasteiger partial charge on any atom is -0.327 e. The lowest BCUT2D eigenvalue weighted by Gasteiger charge is -2.10. The van der Waals surface area contributed by atoms with Crippen LogP contribution in [0.1, 0.15) is 11.4 Å². The van der Waals surface area contributed by atoms with E-state index in [-0.39, 0.29) is 24.1 Å². The van der Waals surface area contributed by atoms with Crippen LogP contribution in [0.2, 0.25) is 0 Å². The molecule has 0 amide bonds. The maximum atomic E-state index is 12.2. The number of benzene rings is 1. The van der Waals surface area contributed by atoms with Gasteiger partial charge in [0.2, 0.25) is 0 Å². The number of nitrogens with zero attached hydrogens (tertiary/aromatic N) is 3. The van der Waals surface area contributed by atoms with Gasteiger partial charge in [-0.1, -0.05) is 0 Å². The molecule has 0 saturated heterocycles. The van der Waals surface area contributed by atoms with Crippen LogP contribution >= 0.6 is 23.4 Å². The fourth-order valence-corrected chi connectivity index (χ4v) is 2.69. The van der Waals surface area contributed by atoms with Gasteiger partial charge in [-0.2, -0.15) is 18.4 Å². The lowest BCUT2D eigenvalue weighted by atomic mass is 10.2. The van der Waals surface area contributed by atoms with Crippen LogP contribution in [0.25, 0.3) is 11.0 Å². The quantitative estimate of drug-likeness (QED) is 0.778. The van der Waals surface area contributed by atoms with Crippen molar-refractivity contribution in [3.63, 3.8) is 0 Å². The van der Waals surface area contributed by atoms with Crippen molar-refractivity contribution in [2.45, 2.75) is 18.5 Å². The van der Waals surface area contributed by atoms with Crippen LogP contribution in [0.15, 0.2) is 18.2 Å². The largest absolute Gasteiger partial charge is 0.441 e. The molecule has 112 valence electrons. The number of nitriles is 1. The predicted molar refractivity (Wildman–Crippen MR) is 77.4 cm³/mol. The third kappa shape index (κ3) is 4.05. The highest BCUT2D eigenvalue weighted by molar-refractivity contribution is 8.00. The first-order valence-corrected chi connectivity index (χ1v) is 7.62. The van der Waals surface area contributed by atoms with Gasteiger partial charge in [-0.05, 0) is 30.0 Å². The van der Waals surface area contributed by atoms with Gasteiger partial charge in [0.25, 0.3) is 0 Å². The van der Waals surface area contributed by atoms with Crippen molar-refractivity contribution >= 4 is 34.4 Å². The Balaban J connectivity index is 2.33. The Morgan fingerprint density at radius 1 is 1.38 bits per heavy atom. The Morgan fingerprint density at radius 2 is 2.14 bits per heavy atom. The van der Waals surface area contributed by atoms with Gasteiger partial charge in [-0.25, -0.2) is 4.98 Å². The molecule has 0 atom stereocenters. The molecule has 0 saturated carbocycles. The first-order valence-electron chi connectivity index (χ1n) is 6.10. The number of halogens is 4. The maximum Gasteiger partial charge on any atom is 0.441 e. The summed E-state index contributed by atoms with van der Waals surface area (Å²) in [4.78, 5) is 4.37. The van der Waals surface area contributed by atoms with Crippen molar-refractivity contribution in [3.05, 3.63) is 29.6 Å². The van der Waals surface area contributed by atoms with E-state index < -0.39 is 5.51 Å². The molecule has 0 aliphatic carbocycles. The van der Waals surface area contributed by atoms with Crippen molar-refractivity contribution in [2.75, 3.05) is 11.6 Å². The van der Waals surface area contributed by atoms with E-state index in [2.05, 4.69) is 4.98 Å². The van der Waals surface area contributed by atoms with Crippen LogP contribution in [0, 0.1) is 11.3 Å². The van der Waals surface area contributed by atoms with Gasteiger partial charge in [0.1, 0.15) is 5.82 Å². The Bertz CT molecular complexity index is 676. The molecule has 8 heteroatoms. The lowest BCUT2D eigenvalue weighted by Crippen LogP contribution is -2.10. The summed E-state index contributed by atoms with van der Waals surface area (Å²) < 4.78 is 38.4. The van der Waals surface area contributed by atoms with Crippen LogP contribution < -0.4 is 0 Å². The number of imidazole rings is 1. The minimum atomic E-state index is -4.25. The molecule has 3 nitrogen and oxygen atoms in total. The molecule has 0 aliphatic rings. The normalized spacial score (nSPS) is 11.8. The molecule has 0 aliphatic heterocycles. The zero-order chi connectivity index (χ0) is 15.5. The third-order valence-electron chi connectivity index (χ3n) is 2.86. The summed E-state index contributed by atoms with van der Waals surface area (Å²) in [5.41, 5.74) is -2.48. The first kappa shape index (κ1) is 16.0. The lowest BCUT2D eigenvalue weighted by molar-refractivity contribution is -0.0328. The number of aryl methyl sites for hydroxylation is 2. The minimum absolute atomic E-state index is 0.0695. The van der Waals surface area contributed by atoms with Gasteiger partial charge in [0.05, 0.1) is 22.7 Å². The van der Waals surface area contributed by atoms with Gasteiger partial charge in [-0.3, -0.25) is 0 Å². The fraction of sp³-hybridized carbons (Fsp3) is 0.385. The van der Waals surface area contributed by atoms with Crippen molar-refractivity contribution in [1.82, 2.24) is 9.55 Å². The number of thioether (sulfide) groups is 1. The molecule has 1 aromatic heterocycles. The molecule has 0 radical (unpaired) electrons. The van der Waals surface area contributed by atoms with Crippen LogP contribution in [-0.2, 0) is 13.0 Å². The van der Waals surface area contributed by atoms with E-state index >= 15 is 0 Å². The number of aromatic nitrogens is 2. The summed E-state index contributed by atoms with van der Waals surface area (Å²) in [6, 6.07) is 6.98. The monoisotopic (exact) mass is 333 g/mol. The summed E-state index contributed by atoms with van der Waals surface area (Å²) >= 11 is 5.64. The van der Waals surface area contributed by atoms with Crippen molar-refractivity contribution in [1.29, 1.82) is 5.26 Å². The molecule has 0 unspecified atom stereocenters. The van der Waals surface area contributed by atoms with E-state index in [1.54, 1.807) is 22.8 Å². The van der Waals surface area contributed by atoms with E-state index in [0.29, 0.717) is 34.7 Å². The fourth-order valence-electron chi connectivity index (χ4n) is 2.02. The molecule has 2 aromatic rings. The van der Waals surface area contributed by atoms with Crippen LogP contribution in [0.4, 0.5) is 13.2 Å². The van der Waals surface area contributed by atoms with Gasteiger partial charge in [0, 0.05) is 24.6 Å².